The molecule has 2 atom stereocenters. The van der Waals surface area contributed by atoms with Crippen LogP contribution in [0.1, 0.15) is 46.9 Å². The maximum absolute atomic E-state index is 14.7. The Kier molecular flexibility index (Phi) is 7.47. The second-order valence-electron chi connectivity index (χ2n) is 10.4. The number of hydrogen-bond donors (Lipinski definition) is 2. The molecule has 3 heterocycles. The highest BCUT2D eigenvalue weighted by molar-refractivity contribution is 8.24. The molecule has 0 spiro atoms. The molecule has 2 aliphatic heterocycles. The molecule has 0 unspecified atom stereocenters. The van der Waals surface area contributed by atoms with Crippen molar-refractivity contribution in [1.82, 2.24) is 19.8 Å². The number of aryl methyl sites for hydroxylation is 1. The van der Waals surface area contributed by atoms with Crippen molar-refractivity contribution in [1.29, 1.82) is 0 Å². The zero-order valence-corrected chi connectivity index (χ0v) is 23.3. The van der Waals surface area contributed by atoms with Crippen molar-refractivity contribution in [3.05, 3.63) is 70.8 Å². The number of hydrogen-bond acceptors (Lipinski definition) is 6. The molecule has 0 bridgehead atoms. The number of benzene rings is 2. The Balaban J connectivity index is 1.21. The van der Waals surface area contributed by atoms with Crippen molar-refractivity contribution in [3.63, 3.8) is 0 Å². The Morgan fingerprint density at radius 1 is 1.15 bits per heavy atom. The number of amides is 1. The molecule has 11 heteroatoms. The van der Waals surface area contributed by atoms with Crippen molar-refractivity contribution < 1.29 is 17.0 Å². The maximum Gasteiger partial charge on any atom is 0.257 e. The van der Waals surface area contributed by atoms with Gasteiger partial charge in [-0.2, -0.15) is 7.77 Å². The van der Waals surface area contributed by atoms with Crippen LogP contribution in [0.15, 0.2) is 47.5 Å². The minimum Gasteiger partial charge on any atom is -0.388 e. The fourth-order valence-electron chi connectivity index (χ4n) is 5.45. The number of rotatable bonds is 6. The Bertz CT molecular complexity index is 1380. The molecule has 0 aliphatic carbocycles. The summed E-state index contributed by atoms with van der Waals surface area (Å²) in [5.41, 5.74) is 4.25. The van der Waals surface area contributed by atoms with Gasteiger partial charge in [-0.25, -0.2) is 14.4 Å². The lowest BCUT2D eigenvalue weighted by Gasteiger charge is -2.41. The summed E-state index contributed by atoms with van der Waals surface area (Å²) in [6, 6.07) is 9.31. The molecule has 39 heavy (non-hydrogen) atoms. The highest BCUT2D eigenvalue weighted by atomic mass is 32.3. The van der Waals surface area contributed by atoms with Gasteiger partial charge in [-0.15, -0.1) is 0 Å². The second-order valence-corrected chi connectivity index (χ2v) is 12.3. The standard InChI is InChI=1S/C28H33F3N6OS/c1-17-11-23(24(29)13-25(17)32-3)27(38)37-10-9-21(12-18(37)2)36-15-19-14-33-28(35-26(19)16-36)34-20-5-7-22(8-6-20)39(4,30)31/h5-8,11,13-14,18,21,32H,9-10,12,15-16H2,1-4H3,(H,33,34,35)/t18-,21-/m1/s1. The molecule has 3 aromatic rings. The topological polar surface area (TPSA) is 73.4 Å². The molecule has 0 saturated carbocycles. The van der Waals surface area contributed by atoms with E-state index >= 15 is 0 Å². The first-order chi connectivity index (χ1) is 18.5. The van der Waals surface area contributed by atoms with Gasteiger partial charge in [0.1, 0.15) is 5.82 Å². The van der Waals surface area contributed by atoms with E-state index < -0.39 is 16.6 Å². The molecule has 2 aliphatic rings. The first-order valence-electron chi connectivity index (χ1n) is 13.0. The lowest BCUT2D eigenvalue weighted by Crippen LogP contribution is -2.50. The van der Waals surface area contributed by atoms with Crippen LogP contribution in [0.3, 0.4) is 0 Å². The number of likely N-dealkylation sites (tertiary alicyclic amines) is 1. The molecule has 2 aromatic carbocycles. The average molecular weight is 559 g/mol. The highest BCUT2D eigenvalue weighted by Crippen LogP contribution is 2.55. The summed E-state index contributed by atoms with van der Waals surface area (Å²) in [5, 5.41) is 6.06. The van der Waals surface area contributed by atoms with Gasteiger partial charge in [-0.3, -0.25) is 9.69 Å². The molecule has 5 rings (SSSR count). The van der Waals surface area contributed by atoms with Gasteiger partial charge in [-0.1, -0.05) is 0 Å². The number of fused-ring (bicyclic) bond motifs is 1. The van der Waals surface area contributed by atoms with Gasteiger partial charge in [0.05, 0.1) is 22.1 Å². The van der Waals surface area contributed by atoms with Crippen LogP contribution in [0.25, 0.3) is 0 Å². The lowest BCUT2D eigenvalue weighted by atomic mass is 9.95. The largest absolute Gasteiger partial charge is 0.388 e. The monoisotopic (exact) mass is 558 g/mol. The number of aromatic nitrogens is 2. The van der Waals surface area contributed by atoms with E-state index in [0.29, 0.717) is 30.4 Å². The van der Waals surface area contributed by atoms with Gasteiger partial charge in [0, 0.05) is 73.1 Å². The van der Waals surface area contributed by atoms with Crippen LogP contribution in [-0.4, -0.2) is 57.6 Å². The average Bonchev–Trinajstić information content (AvgIpc) is 3.32. The summed E-state index contributed by atoms with van der Waals surface area (Å²) in [5.74, 6) is -0.357. The van der Waals surface area contributed by atoms with Crippen LogP contribution < -0.4 is 10.6 Å². The number of anilines is 3. The van der Waals surface area contributed by atoms with Gasteiger partial charge in [0.25, 0.3) is 5.91 Å². The molecule has 1 saturated heterocycles. The van der Waals surface area contributed by atoms with Gasteiger partial charge in [0.2, 0.25) is 5.95 Å². The van der Waals surface area contributed by atoms with Gasteiger partial charge >= 0.3 is 0 Å². The maximum atomic E-state index is 14.7. The van der Waals surface area contributed by atoms with Crippen LogP contribution in [0, 0.1) is 12.7 Å². The molecular weight excluding hydrogens is 525 g/mol. The number of halogens is 3. The minimum atomic E-state index is -3.76. The van der Waals surface area contributed by atoms with E-state index in [2.05, 4.69) is 25.5 Å². The summed E-state index contributed by atoms with van der Waals surface area (Å²) in [4.78, 5) is 26.5. The Labute approximate surface area is 228 Å². The van der Waals surface area contributed by atoms with E-state index in [0.717, 1.165) is 42.5 Å². The van der Waals surface area contributed by atoms with E-state index in [9.17, 15) is 17.0 Å². The summed E-state index contributed by atoms with van der Waals surface area (Å²) in [6.45, 7) is 5.82. The Morgan fingerprint density at radius 3 is 2.56 bits per heavy atom. The summed E-state index contributed by atoms with van der Waals surface area (Å²) in [6.07, 6.45) is 4.33. The SMILES string of the molecule is CNc1cc(F)c(C(=O)N2CC[C@@H](N3Cc4cnc(Nc5ccc(S(C)(F)F)cc5)nc4C3)C[C@H]2C)cc1C. The zero-order valence-electron chi connectivity index (χ0n) is 22.5. The smallest absolute Gasteiger partial charge is 0.257 e. The summed E-state index contributed by atoms with van der Waals surface area (Å²) >= 11 is 0. The van der Waals surface area contributed by atoms with E-state index in [4.69, 9.17) is 0 Å². The second kappa shape index (κ2) is 10.7. The number of nitrogens with zero attached hydrogens (tertiary/aromatic N) is 4. The fourth-order valence-corrected chi connectivity index (χ4v) is 6.07. The number of nitrogens with one attached hydrogen (secondary N) is 2. The first kappa shape index (κ1) is 27.3. The van der Waals surface area contributed by atoms with Crippen LogP contribution in [0.5, 0.6) is 0 Å². The van der Waals surface area contributed by atoms with E-state index in [1.54, 1.807) is 30.1 Å². The molecule has 7 nitrogen and oxygen atoms in total. The third kappa shape index (κ3) is 5.69. The number of piperidine rings is 1. The van der Waals surface area contributed by atoms with Gasteiger partial charge < -0.3 is 15.5 Å². The third-order valence-electron chi connectivity index (χ3n) is 7.64. The highest BCUT2D eigenvalue weighted by Gasteiger charge is 2.35. The van der Waals surface area contributed by atoms with Crippen molar-refractivity contribution in [2.24, 2.45) is 0 Å². The summed E-state index contributed by atoms with van der Waals surface area (Å²) in [7, 11) is -2.03. The van der Waals surface area contributed by atoms with E-state index in [1.807, 2.05) is 20.0 Å². The van der Waals surface area contributed by atoms with Gasteiger partial charge in [-0.05, 0) is 68.7 Å². The predicted octanol–water partition coefficient (Wildman–Crippen LogP) is 6.28. The zero-order chi connectivity index (χ0) is 27.9. The van der Waals surface area contributed by atoms with Crippen LogP contribution >= 0.6 is 10.8 Å². The van der Waals surface area contributed by atoms with Gasteiger partial charge in [0.15, 0.2) is 0 Å². The third-order valence-corrected chi connectivity index (χ3v) is 8.74. The molecule has 1 aromatic heterocycles. The molecular formula is C28H33F3N6OS. The normalized spacial score (nSPS) is 20.0. The lowest BCUT2D eigenvalue weighted by molar-refractivity contribution is 0.0456. The van der Waals surface area contributed by atoms with Crippen molar-refractivity contribution in [2.75, 3.05) is 30.5 Å². The van der Waals surface area contributed by atoms with E-state index in [-0.39, 0.29) is 28.4 Å². The molecule has 208 valence electrons. The predicted molar refractivity (Wildman–Crippen MR) is 149 cm³/mol. The molecule has 2 N–H and O–H groups in total. The molecule has 1 fully saturated rings. The van der Waals surface area contributed by atoms with Crippen LogP contribution in [-0.2, 0) is 13.1 Å². The van der Waals surface area contributed by atoms with Crippen molar-refractivity contribution >= 4 is 34.0 Å². The van der Waals surface area contributed by atoms with E-state index in [1.165, 1.54) is 18.2 Å². The first-order valence-corrected chi connectivity index (χ1v) is 14.8. The van der Waals surface area contributed by atoms with Crippen LogP contribution in [0.2, 0.25) is 0 Å². The Hall–Kier alpha value is -3.31. The minimum absolute atomic E-state index is 0.0347. The van der Waals surface area contributed by atoms with Crippen LogP contribution in [0.4, 0.5) is 29.5 Å². The summed E-state index contributed by atoms with van der Waals surface area (Å²) < 4.78 is 41.9. The van der Waals surface area contributed by atoms with Crippen molar-refractivity contribution in [2.45, 2.75) is 56.8 Å². The fraction of sp³-hybridized carbons (Fsp3) is 0.393. The number of carbonyl (C=O) groups excluding carboxylic acids is 1. The number of carbonyl (C=O) groups is 1. The molecule has 1 amide bonds. The quantitative estimate of drug-likeness (QED) is 0.371. The van der Waals surface area contributed by atoms with Crippen molar-refractivity contribution in [3.8, 4) is 0 Å². The Morgan fingerprint density at radius 2 is 1.90 bits per heavy atom. The molecule has 0 radical (unpaired) electrons.